The van der Waals surface area contributed by atoms with Gasteiger partial charge in [-0.1, -0.05) is 5.16 Å². The Morgan fingerprint density at radius 1 is 1.17 bits per heavy atom. The van der Waals surface area contributed by atoms with Crippen LogP contribution in [-0.4, -0.2) is 48.8 Å². The van der Waals surface area contributed by atoms with Gasteiger partial charge in [-0.05, 0) is 56.9 Å². The van der Waals surface area contributed by atoms with Gasteiger partial charge in [0.15, 0.2) is 5.82 Å². The lowest BCUT2D eigenvalue weighted by Gasteiger charge is -2.27. The Bertz CT molecular complexity index is 1050. The molecule has 1 aromatic heterocycles. The second-order valence-electron chi connectivity index (χ2n) is 7.58. The van der Waals surface area contributed by atoms with Crippen molar-refractivity contribution in [3.05, 3.63) is 36.1 Å². The fraction of sp³-hybridized carbons (Fsp3) is 0.450. The van der Waals surface area contributed by atoms with Crippen molar-refractivity contribution in [3.63, 3.8) is 0 Å². The number of amides is 2. The first-order valence-corrected chi connectivity index (χ1v) is 11.5. The number of carbonyl (C=O) groups excluding carboxylic acids is 2. The number of aromatic nitrogens is 1. The standard InChI is InChI=1S/C20H24N4O5S/c1-14-13-18(22-29-14)21-20(26)17-5-4-12-24(17)30(27,28)16-9-7-15(8-10-16)23-11-3-2-6-19(23)25/h7-10,13,17H,2-6,11-12H2,1H3,(H,21,22,26)/t17-/m0/s1. The summed E-state index contributed by atoms with van der Waals surface area (Å²) in [6, 6.07) is 7.07. The highest BCUT2D eigenvalue weighted by molar-refractivity contribution is 7.89. The Kier molecular flexibility index (Phi) is 5.61. The first-order valence-electron chi connectivity index (χ1n) is 10.0. The highest BCUT2D eigenvalue weighted by Gasteiger charge is 2.39. The summed E-state index contributed by atoms with van der Waals surface area (Å²) in [5.74, 6) is 0.432. The van der Waals surface area contributed by atoms with Gasteiger partial charge >= 0.3 is 0 Å². The smallest absolute Gasteiger partial charge is 0.244 e. The number of hydrogen-bond donors (Lipinski definition) is 1. The largest absolute Gasteiger partial charge is 0.360 e. The fourth-order valence-electron chi connectivity index (χ4n) is 3.94. The first kappa shape index (κ1) is 20.5. The van der Waals surface area contributed by atoms with Crippen LogP contribution < -0.4 is 10.2 Å². The second kappa shape index (κ2) is 8.19. The molecule has 1 atom stereocenters. The minimum atomic E-state index is -3.86. The van der Waals surface area contributed by atoms with E-state index in [1.807, 2.05) is 0 Å². The van der Waals surface area contributed by atoms with Crippen LogP contribution in [0.5, 0.6) is 0 Å². The van der Waals surface area contributed by atoms with Crippen molar-refractivity contribution < 1.29 is 22.5 Å². The number of rotatable bonds is 5. The molecule has 0 saturated carbocycles. The number of nitrogens with one attached hydrogen (secondary N) is 1. The minimum Gasteiger partial charge on any atom is -0.360 e. The Morgan fingerprint density at radius 2 is 1.93 bits per heavy atom. The monoisotopic (exact) mass is 432 g/mol. The number of piperidine rings is 1. The van der Waals surface area contributed by atoms with Gasteiger partial charge < -0.3 is 14.7 Å². The molecule has 0 spiro atoms. The summed E-state index contributed by atoms with van der Waals surface area (Å²) in [7, 11) is -3.86. The maximum atomic E-state index is 13.2. The number of benzene rings is 1. The lowest BCUT2D eigenvalue weighted by atomic mass is 10.1. The molecule has 4 rings (SSSR count). The average Bonchev–Trinajstić information content (AvgIpc) is 3.38. The minimum absolute atomic E-state index is 0.0521. The Hall–Kier alpha value is -2.72. The zero-order valence-corrected chi connectivity index (χ0v) is 17.5. The van der Waals surface area contributed by atoms with E-state index >= 15 is 0 Å². The van der Waals surface area contributed by atoms with E-state index in [0.717, 1.165) is 12.8 Å². The normalized spacial score (nSPS) is 20.5. The highest BCUT2D eigenvalue weighted by Crippen LogP contribution is 2.29. The average molecular weight is 433 g/mol. The zero-order chi connectivity index (χ0) is 21.3. The van der Waals surface area contributed by atoms with Crippen LogP contribution in [0.2, 0.25) is 0 Å². The summed E-state index contributed by atoms with van der Waals surface area (Å²) in [5.41, 5.74) is 0.691. The molecule has 2 aliphatic heterocycles. The first-order chi connectivity index (χ1) is 14.4. The summed E-state index contributed by atoms with van der Waals surface area (Å²) in [4.78, 5) is 26.6. The van der Waals surface area contributed by atoms with Crippen molar-refractivity contribution >= 4 is 33.3 Å². The van der Waals surface area contributed by atoms with Gasteiger partial charge in [-0.3, -0.25) is 9.59 Å². The number of carbonyl (C=O) groups is 2. The van der Waals surface area contributed by atoms with Crippen LogP contribution >= 0.6 is 0 Å². The third kappa shape index (κ3) is 3.97. The van der Waals surface area contributed by atoms with Gasteiger partial charge in [0.05, 0.1) is 4.90 Å². The number of nitrogens with zero attached hydrogens (tertiary/aromatic N) is 3. The Morgan fingerprint density at radius 3 is 2.60 bits per heavy atom. The van der Waals surface area contributed by atoms with Crippen LogP contribution in [0.4, 0.5) is 11.5 Å². The quantitative estimate of drug-likeness (QED) is 0.776. The highest BCUT2D eigenvalue weighted by atomic mass is 32.2. The van der Waals surface area contributed by atoms with E-state index in [2.05, 4.69) is 10.5 Å². The molecule has 0 radical (unpaired) electrons. The summed E-state index contributed by atoms with van der Waals surface area (Å²) < 4.78 is 32.5. The molecule has 10 heteroatoms. The van der Waals surface area contributed by atoms with E-state index in [1.54, 1.807) is 30.0 Å². The molecule has 2 aromatic rings. The topological polar surface area (TPSA) is 113 Å². The molecule has 1 aromatic carbocycles. The lowest BCUT2D eigenvalue weighted by Crippen LogP contribution is -2.43. The van der Waals surface area contributed by atoms with E-state index in [0.29, 0.717) is 37.3 Å². The van der Waals surface area contributed by atoms with Crippen LogP contribution in [-0.2, 0) is 19.6 Å². The number of aryl methyl sites for hydroxylation is 1. The van der Waals surface area contributed by atoms with Crippen LogP contribution in [0, 0.1) is 6.92 Å². The van der Waals surface area contributed by atoms with Crippen LogP contribution in [0.15, 0.2) is 39.8 Å². The SMILES string of the molecule is Cc1cc(NC(=O)[C@@H]2CCCN2S(=O)(=O)c2ccc(N3CCCCC3=O)cc2)no1. The molecular formula is C20H24N4O5S. The third-order valence-electron chi connectivity index (χ3n) is 5.46. The van der Waals surface area contributed by atoms with E-state index in [-0.39, 0.29) is 23.2 Å². The van der Waals surface area contributed by atoms with Crippen molar-refractivity contribution in [1.29, 1.82) is 0 Å². The maximum absolute atomic E-state index is 13.2. The Labute approximate surface area is 175 Å². The van der Waals surface area contributed by atoms with Gasteiger partial charge in [0.1, 0.15) is 11.8 Å². The van der Waals surface area contributed by atoms with Gasteiger partial charge in [0.2, 0.25) is 21.8 Å². The summed E-state index contributed by atoms with van der Waals surface area (Å²) >= 11 is 0. The van der Waals surface area contributed by atoms with Crippen LogP contribution in [0.25, 0.3) is 0 Å². The Balaban J connectivity index is 1.51. The predicted molar refractivity (Wildman–Crippen MR) is 109 cm³/mol. The molecule has 0 unspecified atom stereocenters. The van der Waals surface area contributed by atoms with Crippen molar-refractivity contribution in [2.24, 2.45) is 0 Å². The number of hydrogen-bond acceptors (Lipinski definition) is 6. The van der Waals surface area contributed by atoms with Crippen molar-refractivity contribution in [3.8, 4) is 0 Å². The predicted octanol–water partition coefficient (Wildman–Crippen LogP) is 2.29. The van der Waals surface area contributed by atoms with Gasteiger partial charge in [-0.25, -0.2) is 8.42 Å². The molecule has 2 amide bonds. The van der Waals surface area contributed by atoms with Crippen LogP contribution in [0.1, 0.15) is 37.9 Å². The van der Waals surface area contributed by atoms with E-state index in [4.69, 9.17) is 4.52 Å². The molecule has 3 heterocycles. The lowest BCUT2D eigenvalue weighted by molar-refractivity contribution is -0.120. The number of anilines is 2. The van der Waals surface area contributed by atoms with Gasteiger partial charge in [-0.2, -0.15) is 4.31 Å². The third-order valence-corrected chi connectivity index (χ3v) is 7.39. The molecule has 2 saturated heterocycles. The molecule has 2 aliphatic rings. The molecule has 9 nitrogen and oxygen atoms in total. The number of sulfonamides is 1. The van der Waals surface area contributed by atoms with E-state index in [9.17, 15) is 18.0 Å². The maximum Gasteiger partial charge on any atom is 0.244 e. The molecule has 0 bridgehead atoms. The van der Waals surface area contributed by atoms with Crippen molar-refractivity contribution in [1.82, 2.24) is 9.46 Å². The zero-order valence-electron chi connectivity index (χ0n) is 16.7. The fourth-order valence-corrected chi connectivity index (χ4v) is 5.59. The van der Waals surface area contributed by atoms with Gasteiger partial charge in [-0.15, -0.1) is 0 Å². The van der Waals surface area contributed by atoms with Crippen molar-refractivity contribution in [2.45, 2.75) is 50.0 Å². The molecule has 0 aliphatic carbocycles. The molecule has 1 N–H and O–H groups in total. The summed E-state index contributed by atoms with van der Waals surface area (Å²) in [6.07, 6.45) is 3.35. The van der Waals surface area contributed by atoms with Gasteiger partial charge in [0, 0.05) is 31.3 Å². The van der Waals surface area contributed by atoms with E-state index < -0.39 is 22.0 Å². The molecule has 160 valence electrons. The van der Waals surface area contributed by atoms with Crippen molar-refractivity contribution in [2.75, 3.05) is 23.3 Å². The summed E-state index contributed by atoms with van der Waals surface area (Å²) in [6.45, 7) is 2.61. The molecule has 2 fully saturated rings. The van der Waals surface area contributed by atoms with Crippen LogP contribution in [0.3, 0.4) is 0 Å². The summed E-state index contributed by atoms with van der Waals surface area (Å²) in [5, 5.41) is 6.35. The van der Waals surface area contributed by atoms with Gasteiger partial charge in [0.25, 0.3) is 0 Å². The molecular weight excluding hydrogens is 408 g/mol. The molecule has 30 heavy (non-hydrogen) atoms. The second-order valence-corrected chi connectivity index (χ2v) is 9.47. The van der Waals surface area contributed by atoms with E-state index in [1.165, 1.54) is 16.4 Å².